The van der Waals surface area contributed by atoms with Crippen molar-refractivity contribution >= 4 is 22.6 Å². The average Bonchev–Trinajstić information content (AvgIpc) is 3.49. The molecule has 1 unspecified atom stereocenters. The molecule has 1 spiro atoms. The summed E-state index contributed by atoms with van der Waals surface area (Å²) >= 11 is 0. The molecule has 0 N–H and O–H groups in total. The summed E-state index contributed by atoms with van der Waals surface area (Å²) in [5.74, 6) is 1.82. The molecule has 0 saturated heterocycles. The third-order valence-electron chi connectivity index (χ3n) is 10.8. The van der Waals surface area contributed by atoms with E-state index < -0.39 is 5.41 Å². The molecule has 0 fully saturated rings. The number of ether oxygens (including phenoxy) is 1. The summed E-state index contributed by atoms with van der Waals surface area (Å²) in [5, 5.41) is 0. The Morgan fingerprint density at radius 3 is 1.96 bits per heavy atom. The molecule has 7 aromatic rings. The van der Waals surface area contributed by atoms with Crippen LogP contribution in [0.5, 0.6) is 11.5 Å². The Hall–Kier alpha value is -6.38. The molecule has 2 nitrogen and oxygen atoms in total. The zero-order valence-electron chi connectivity index (χ0n) is 28.2. The maximum atomic E-state index is 6.72. The number of allylic oxidation sites excluding steroid dienone is 4. The van der Waals surface area contributed by atoms with Crippen LogP contribution in [0.2, 0.25) is 0 Å². The molecule has 51 heavy (non-hydrogen) atoms. The highest BCUT2D eigenvalue weighted by Crippen LogP contribution is 2.63. The number of fused-ring (bicyclic) bond motifs is 9. The number of benzene rings is 7. The van der Waals surface area contributed by atoms with Gasteiger partial charge in [-0.05, 0) is 100 Å². The van der Waals surface area contributed by atoms with Crippen molar-refractivity contribution in [1.29, 1.82) is 0 Å². The van der Waals surface area contributed by atoms with Crippen LogP contribution in [0.25, 0.3) is 27.8 Å². The summed E-state index contributed by atoms with van der Waals surface area (Å²) in [6, 6.07) is 61.6. The first kappa shape index (κ1) is 29.5. The summed E-state index contributed by atoms with van der Waals surface area (Å²) in [6.07, 6.45) is 9.07. The number of hydrogen-bond donors (Lipinski definition) is 0. The van der Waals surface area contributed by atoms with Crippen molar-refractivity contribution in [3.63, 3.8) is 0 Å². The van der Waals surface area contributed by atoms with Crippen LogP contribution in [0.15, 0.2) is 188 Å². The maximum Gasteiger partial charge on any atom is 0.132 e. The minimum Gasteiger partial charge on any atom is -0.457 e. The zero-order chi connectivity index (χ0) is 33.8. The second-order valence-corrected chi connectivity index (χ2v) is 13.5. The number of hydrogen-bond acceptors (Lipinski definition) is 2. The Kier molecular flexibility index (Phi) is 6.89. The molecule has 242 valence electrons. The van der Waals surface area contributed by atoms with Gasteiger partial charge in [-0.1, -0.05) is 140 Å². The molecule has 0 aromatic heterocycles. The van der Waals surface area contributed by atoms with Crippen LogP contribution >= 0.6 is 0 Å². The molecule has 1 heterocycles. The number of para-hydroxylation sites is 3. The second-order valence-electron chi connectivity index (χ2n) is 13.5. The van der Waals surface area contributed by atoms with Crippen molar-refractivity contribution in [3.05, 3.63) is 216 Å². The lowest BCUT2D eigenvalue weighted by atomic mass is 9.65. The van der Waals surface area contributed by atoms with E-state index in [0.717, 1.165) is 41.4 Å². The van der Waals surface area contributed by atoms with E-state index in [1.807, 2.05) is 0 Å². The molecular formula is C49H35NO. The highest BCUT2D eigenvalue weighted by Gasteiger charge is 2.51. The summed E-state index contributed by atoms with van der Waals surface area (Å²) < 4.78 is 6.72. The monoisotopic (exact) mass is 653 g/mol. The lowest BCUT2D eigenvalue weighted by Gasteiger charge is -2.39. The molecule has 0 bridgehead atoms. The van der Waals surface area contributed by atoms with E-state index in [-0.39, 0.29) is 0 Å². The second kappa shape index (κ2) is 11.9. The fourth-order valence-electron chi connectivity index (χ4n) is 8.57. The van der Waals surface area contributed by atoms with Crippen LogP contribution in [0.3, 0.4) is 0 Å². The van der Waals surface area contributed by atoms with E-state index in [0.29, 0.717) is 0 Å². The van der Waals surface area contributed by atoms with Gasteiger partial charge in [0, 0.05) is 28.1 Å². The smallest absolute Gasteiger partial charge is 0.132 e. The van der Waals surface area contributed by atoms with E-state index >= 15 is 0 Å². The summed E-state index contributed by atoms with van der Waals surface area (Å²) in [7, 11) is 0. The molecule has 3 aliphatic rings. The molecule has 2 aliphatic carbocycles. The van der Waals surface area contributed by atoms with Crippen LogP contribution in [0.1, 0.15) is 40.7 Å². The third kappa shape index (κ3) is 4.57. The van der Waals surface area contributed by atoms with Gasteiger partial charge in [-0.15, -0.1) is 0 Å². The molecular weight excluding hydrogens is 619 g/mol. The van der Waals surface area contributed by atoms with Crippen LogP contribution < -0.4 is 9.64 Å². The van der Waals surface area contributed by atoms with Crippen LogP contribution in [0.4, 0.5) is 17.1 Å². The number of anilines is 3. The zero-order valence-corrected chi connectivity index (χ0v) is 28.2. The molecule has 0 radical (unpaired) electrons. The van der Waals surface area contributed by atoms with Crippen molar-refractivity contribution in [2.75, 3.05) is 4.90 Å². The van der Waals surface area contributed by atoms with Crippen LogP contribution in [-0.2, 0) is 5.41 Å². The van der Waals surface area contributed by atoms with Crippen molar-refractivity contribution in [3.8, 4) is 33.8 Å². The van der Waals surface area contributed by atoms with Gasteiger partial charge in [0.2, 0.25) is 0 Å². The van der Waals surface area contributed by atoms with E-state index in [2.05, 4.69) is 193 Å². The quantitative estimate of drug-likeness (QED) is 0.183. The summed E-state index contributed by atoms with van der Waals surface area (Å²) in [6.45, 7) is 0. The van der Waals surface area contributed by atoms with Gasteiger partial charge in [0.05, 0.1) is 11.1 Å². The third-order valence-corrected chi connectivity index (χ3v) is 10.8. The van der Waals surface area contributed by atoms with Crippen LogP contribution in [0, 0.1) is 0 Å². The molecule has 7 aromatic carbocycles. The minimum absolute atomic E-state index is 0.539. The normalized spacial score (nSPS) is 16.4. The average molecular weight is 654 g/mol. The highest BCUT2D eigenvalue weighted by molar-refractivity contribution is 5.94. The Morgan fingerprint density at radius 2 is 1.14 bits per heavy atom. The molecule has 1 aliphatic heterocycles. The fourth-order valence-corrected chi connectivity index (χ4v) is 8.57. The van der Waals surface area contributed by atoms with Crippen LogP contribution in [-0.4, -0.2) is 0 Å². The van der Waals surface area contributed by atoms with E-state index in [1.54, 1.807) is 0 Å². The van der Waals surface area contributed by atoms with Crippen molar-refractivity contribution in [2.24, 2.45) is 0 Å². The lowest BCUT2D eigenvalue weighted by molar-refractivity contribution is 0.436. The first-order valence-corrected chi connectivity index (χ1v) is 17.8. The van der Waals surface area contributed by atoms with Crippen molar-refractivity contribution in [1.82, 2.24) is 0 Å². The largest absolute Gasteiger partial charge is 0.457 e. The number of nitrogens with zero attached hydrogens (tertiary/aromatic N) is 1. The summed E-state index contributed by atoms with van der Waals surface area (Å²) in [5.41, 5.74) is 15.1. The molecule has 2 heteroatoms. The standard InChI is InChI=1S/C49H35NO/c1-4-16-34(17-5-1)36-28-31-48-45(32-36)49(44-25-13-15-27-47(44)51-48)42-24-12-10-23-40(42)41-33-38(29-30-43(41)49)50(37-20-8-3-9-21-37)46-26-14-11-22-39(46)35-18-6-2-7-19-35/h2-4,6-33H,1,5H2. The fraction of sp³-hybridized carbons (Fsp3) is 0.0612. The maximum absolute atomic E-state index is 6.72. The van der Waals surface area contributed by atoms with E-state index in [9.17, 15) is 0 Å². The molecule has 1 atom stereocenters. The first-order valence-electron chi connectivity index (χ1n) is 17.8. The van der Waals surface area contributed by atoms with Gasteiger partial charge in [-0.2, -0.15) is 0 Å². The predicted octanol–water partition coefficient (Wildman–Crippen LogP) is 13.0. The first-order chi connectivity index (χ1) is 25.3. The van der Waals surface area contributed by atoms with E-state index in [1.165, 1.54) is 55.6 Å². The minimum atomic E-state index is -0.539. The van der Waals surface area contributed by atoms with Gasteiger partial charge in [0.15, 0.2) is 0 Å². The lowest BCUT2D eigenvalue weighted by Crippen LogP contribution is -2.32. The Bertz CT molecular complexity index is 2510. The van der Waals surface area contributed by atoms with E-state index in [4.69, 9.17) is 4.74 Å². The van der Waals surface area contributed by atoms with Crippen molar-refractivity contribution < 1.29 is 4.74 Å². The number of rotatable bonds is 5. The van der Waals surface area contributed by atoms with Gasteiger partial charge >= 0.3 is 0 Å². The Balaban J connectivity index is 1.24. The SMILES string of the molecule is C1=CC(c2ccc3c(c2)C2(c4ccccc4O3)c3ccccc3-c3cc(N(c4ccccc4)c4ccccc4-c4ccccc4)ccc32)=CCC1. The topological polar surface area (TPSA) is 12.5 Å². The van der Waals surface area contributed by atoms with Gasteiger partial charge in [0.25, 0.3) is 0 Å². The summed E-state index contributed by atoms with van der Waals surface area (Å²) in [4.78, 5) is 2.40. The van der Waals surface area contributed by atoms with Gasteiger partial charge in [-0.25, -0.2) is 0 Å². The predicted molar refractivity (Wildman–Crippen MR) is 210 cm³/mol. The Morgan fingerprint density at radius 1 is 0.451 bits per heavy atom. The molecule has 10 rings (SSSR count). The van der Waals surface area contributed by atoms with Crippen molar-refractivity contribution in [2.45, 2.75) is 18.3 Å². The van der Waals surface area contributed by atoms with Gasteiger partial charge < -0.3 is 9.64 Å². The molecule has 0 saturated carbocycles. The molecule has 0 amide bonds. The Labute approximate surface area is 299 Å². The highest BCUT2D eigenvalue weighted by atomic mass is 16.5. The van der Waals surface area contributed by atoms with Gasteiger partial charge in [0.1, 0.15) is 11.5 Å². The van der Waals surface area contributed by atoms with Gasteiger partial charge in [-0.3, -0.25) is 0 Å².